The van der Waals surface area contributed by atoms with Gasteiger partial charge in [-0.25, -0.2) is 9.59 Å². The molecule has 240 valence electrons. The molecule has 0 saturated carbocycles. The van der Waals surface area contributed by atoms with Gasteiger partial charge in [0.1, 0.15) is 11.5 Å². The molecule has 0 spiro atoms. The predicted octanol–water partition coefficient (Wildman–Crippen LogP) is 8.53. The summed E-state index contributed by atoms with van der Waals surface area (Å²) in [4.78, 5) is 22.1. The Morgan fingerprint density at radius 3 is 1.33 bits per heavy atom. The Bertz CT molecular complexity index is 1580. The number of amides is 4. The summed E-state index contributed by atoms with van der Waals surface area (Å²) in [7, 11) is 0. The molecular formula is C28H23Cl2F6N5O4. The maximum atomic E-state index is 12.7. The molecule has 9 nitrogen and oxygen atoms in total. The molecule has 0 aromatic heterocycles. The first-order valence-corrected chi connectivity index (χ1v) is 12.8. The number of nitrogens with two attached hydrogens (primary N) is 2. The van der Waals surface area contributed by atoms with Crippen molar-refractivity contribution in [1.29, 1.82) is 0 Å². The highest BCUT2D eigenvalue weighted by atomic mass is 35.5. The third-order valence-corrected chi connectivity index (χ3v) is 5.75. The topological polar surface area (TPSA) is 163 Å². The van der Waals surface area contributed by atoms with Gasteiger partial charge in [-0.15, -0.1) is 0 Å². The minimum Gasteiger partial charge on any atom is -0.508 e. The average Bonchev–Trinajstić information content (AvgIpc) is 2.93. The summed E-state index contributed by atoms with van der Waals surface area (Å²) < 4.78 is 75.2. The average molecular weight is 678 g/mol. The molecule has 0 aliphatic carbocycles. The van der Waals surface area contributed by atoms with Gasteiger partial charge < -0.3 is 37.6 Å². The van der Waals surface area contributed by atoms with Crippen LogP contribution in [0.2, 0.25) is 10.0 Å². The second-order valence-corrected chi connectivity index (χ2v) is 9.41. The second kappa shape index (κ2) is 15.6. The number of phenolic OH excluding ortho intramolecular Hbond substituents is 2. The molecule has 0 aliphatic rings. The second-order valence-electron chi connectivity index (χ2n) is 8.59. The van der Waals surface area contributed by atoms with Gasteiger partial charge in [-0.05, 0) is 84.9 Å². The van der Waals surface area contributed by atoms with Gasteiger partial charge in [0, 0.05) is 22.7 Å². The third kappa shape index (κ3) is 12.6. The van der Waals surface area contributed by atoms with E-state index in [1.54, 1.807) is 24.3 Å². The number of carbonyl (C=O) groups excluding carboxylic acids is 2. The zero-order chi connectivity index (χ0) is 33.9. The number of anilines is 4. The number of aromatic hydroxyl groups is 2. The van der Waals surface area contributed by atoms with Crippen LogP contribution in [0.15, 0.2) is 84.9 Å². The number of benzene rings is 4. The Morgan fingerprint density at radius 1 is 0.600 bits per heavy atom. The van der Waals surface area contributed by atoms with Crippen LogP contribution in [0, 0.1) is 0 Å². The highest BCUT2D eigenvalue weighted by Crippen LogP contribution is 2.37. The van der Waals surface area contributed by atoms with Crippen molar-refractivity contribution in [2.45, 2.75) is 12.4 Å². The first-order valence-electron chi connectivity index (χ1n) is 12.1. The van der Waals surface area contributed by atoms with E-state index in [1.165, 1.54) is 36.4 Å². The Kier molecular flexibility index (Phi) is 12.6. The zero-order valence-corrected chi connectivity index (χ0v) is 24.0. The number of nitrogens with one attached hydrogen (secondary N) is 3. The Morgan fingerprint density at radius 2 is 0.956 bits per heavy atom. The highest BCUT2D eigenvalue weighted by Gasteiger charge is 2.34. The van der Waals surface area contributed by atoms with Crippen LogP contribution in [0.25, 0.3) is 0 Å². The molecule has 0 bridgehead atoms. The molecule has 0 heterocycles. The minimum absolute atomic E-state index is 0.0264. The van der Waals surface area contributed by atoms with Crippen molar-refractivity contribution < 1.29 is 46.1 Å². The fraction of sp³-hybridized carbons (Fsp3) is 0.0714. The summed E-state index contributed by atoms with van der Waals surface area (Å²) in [5, 5.41) is 23.6. The minimum atomic E-state index is -4.61. The summed E-state index contributed by atoms with van der Waals surface area (Å²) in [5.74, 6) is 0.276. The van der Waals surface area contributed by atoms with Crippen LogP contribution >= 0.6 is 23.2 Å². The molecule has 0 fully saturated rings. The van der Waals surface area contributed by atoms with E-state index in [4.69, 9.17) is 44.9 Å². The number of urea groups is 2. The molecule has 9 N–H and O–H groups in total. The first-order chi connectivity index (χ1) is 20.8. The molecule has 4 aromatic rings. The van der Waals surface area contributed by atoms with E-state index >= 15 is 0 Å². The van der Waals surface area contributed by atoms with Crippen molar-refractivity contribution in [3.8, 4) is 11.5 Å². The molecule has 0 aliphatic heterocycles. The molecule has 0 radical (unpaired) electrons. The molecule has 4 amide bonds. The lowest BCUT2D eigenvalue weighted by Gasteiger charge is -2.12. The lowest BCUT2D eigenvalue weighted by Crippen LogP contribution is -2.19. The van der Waals surface area contributed by atoms with E-state index in [1.807, 2.05) is 5.32 Å². The van der Waals surface area contributed by atoms with Crippen molar-refractivity contribution in [3.05, 3.63) is 106 Å². The van der Waals surface area contributed by atoms with E-state index in [0.717, 1.165) is 18.2 Å². The van der Waals surface area contributed by atoms with Crippen LogP contribution < -0.4 is 27.4 Å². The maximum absolute atomic E-state index is 12.7. The number of hydrogen-bond donors (Lipinski definition) is 7. The number of carbonyl (C=O) groups is 2. The van der Waals surface area contributed by atoms with E-state index in [9.17, 15) is 35.9 Å². The SMILES string of the molecule is NC(=O)Nc1ccc(Cl)c(C(F)(F)F)c1.Nc1ccc(O)cc1.O=C(Nc1ccc(O)cc1)Nc1ccc(Cl)c(C(F)(F)F)c1. The smallest absolute Gasteiger partial charge is 0.417 e. The zero-order valence-electron chi connectivity index (χ0n) is 22.5. The van der Waals surface area contributed by atoms with Crippen LogP contribution in [0.5, 0.6) is 11.5 Å². The number of nitrogen functional groups attached to an aromatic ring is 1. The highest BCUT2D eigenvalue weighted by molar-refractivity contribution is 6.31. The van der Waals surface area contributed by atoms with Crippen LogP contribution in [-0.2, 0) is 12.4 Å². The van der Waals surface area contributed by atoms with Crippen molar-refractivity contribution >= 4 is 58.0 Å². The lowest BCUT2D eigenvalue weighted by atomic mass is 10.2. The summed E-state index contributed by atoms with van der Waals surface area (Å²) in [6.07, 6.45) is -9.17. The standard InChI is InChI=1S/C14H10ClF3N2O2.C8H6ClF3N2O.C6H7NO/c15-12-6-3-9(7-11(12)14(16,17)18)20-13(22)19-8-1-4-10(21)5-2-8;9-6-2-1-4(14-7(13)15)3-5(6)8(10,11)12;7-5-1-3-6(8)4-2-5/h1-7,21H,(H2,19,20,22);1-3H,(H3,13,14,15);1-4,8H,7H2. The summed E-state index contributed by atoms with van der Waals surface area (Å²) in [6.45, 7) is 0. The molecule has 0 saturated heterocycles. The van der Waals surface area contributed by atoms with Crippen LogP contribution in [-0.4, -0.2) is 22.3 Å². The van der Waals surface area contributed by atoms with Gasteiger partial charge in [-0.3, -0.25) is 0 Å². The number of primary amides is 1. The predicted molar refractivity (Wildman–Crippen MR) is 159 cm³/mol. The number of halogens is 8. The van der Waals surface area contributed by atoms with Gasteiger partial charge in [-0.1, -0.05) is 23.2 Å². The van der Waals surface area contributed by atoms with Crippen molar-refractivity contribution in [1.82, 2.24) is 0 Å². The van der Waals surface area contributed by atoms with Crippen LogP contribution in [0.3, 0.4) is 0 Å². The third-order valence-electron chi connectivity index (χ3n) is 5.09. The van der Waals surface area contributed by atoms with Gasteiger partial charge in [0.15, 0.2) is 0 Å². The largest absolute Gasteiger partial charge is 0.508 e. The van der Waals surface area contributed by atoms with E-state index < -0.39 is 45.6 Å². The van der Waals surface area contributed by atoms with E-state index in [-0.39, 0.29) is 22.9 Å². The Balaban J connectivity index is 0.000000263. The Labute approximate surface area is 261 Å². The molecule has 17 heteroatoms. The monoisotopic (exact) mass is 677 g/mol. The molecular weight excluding hydrogens is 655 g/mol. The number of rotatable bonds is 3. The molecule has 0 atom stereocenters. The van der Waals surface area contributed by atoms with Crippen molar-refractivity contribution in [2.75, 3.05) is 21.7 Å². The first kappa shape index (κ1) is 36.2. The van der Waals surface area contributed by atoms with E-state index in [0.29, 0.717) is 17.4 Å². The van der Waals surface area contributed by atoms with Crippen molar-refractivity contribution in [2.24, 2.45) is 5.73 Å². The van der Waals surface area contributed by atoms with Gasteiger partial charge in [0.05, 0.1) is 21.2 Å². The number of hydrogen-bond acceptors (Lipinski definition) is 5. The number of alkyl halides is 6. The lowest BCUT2D eigenvalue weighted by molar-refractivity contribution is -0.138. The molecule has 45 heavy (non-hydrogen) atoms. The summed E-state index contributed by atoms with van der Waals surface area (Å²) in [6, 6.07) is 16.4. The fourth-order valence-corrected chi connectivity index (χ4v) is 3.54. The fourth-order valence-electron chi connectivity index (χ4n) is 3.10. The summed E-state index contributed by atoms with van der Waals surface area (Å²) >= 11 is 10.8. The Hall–Kier alpha value is -5.02. The van der Waals surface area contributed by atoms with Crippen LogP contribution in [0.1, 0.15) is 11.1 Å². The maximum Gasteiger partial charge on any atom is 0.417 e. The normalized spacial score (nSPS) is 10.8. The van der Waals surface area contributed by atoms with Gasteiger partial charge >= 0.3 is 24.4 Å². The van der Waals surface area contributed by atoms with E-state index in [2.05, 4.69) is 10.6 Å². The van der Waals surface area contributed by atoms with Gasteiger partial charge in [0.2, 0.25) is 0 Å². The van der Waals surface area contributed by atoms with Gasteiger partial charge in [0.25, 0.3) is 0 Å². The molecule has 4 aromatic carbocycles. The number of phenols is 2. The van der Waals surface area contributed by atoms with Crippen LogP contribution in [0.4, 0.5) is 58.7 Å². The molecule has 0 unspecified atom stereocenters. The quantitative estimate of drug-likeness (QED) is 0.0655. The molecule has 4 rings (SSSR count). The summed E-state index contributed by atoms with van der Waals surface area (Å²) in [5.41, 5.74) is 8.96. The van der Waals surface area contributed by atoms with Crippen molar-refractivity contribution in [3.63, 3.8) is 0 Å². The van der Waals surface area contributed by atoms with Gasteiger partial charge in [-0.2, -0.15) is 26.3 Å².